The summed E-state index contributed by atoms with van der Waals surface area (Å²) < 4.78 is 9.09. The molecule has 0 N–H and O–H groups in total. The number of thiophene rings is 1. The molecule has 0 saturated heterocycles. The number of hydrogen-bond donors (Lipinski definition) is 0. The van der Waals surface area contributed by atoms with Gasteiger partial charge in [-0.25, -0.2) is 4.98 Å². The summed E-state index contributed by atoms with van der Waals surface area (Å²) in [4.78, 5) is 5.37. The molecule has 4 heteroatoms. The van der Waals surface area contributed by atoms with E-state index in [0.717, 1.165) is 76.8 Å². The van der Waals surface area contributed by atoms with Gasteiger partial charge in [0.15, 0.2) is 0 Å². The number of hydrogen-bond acceptors (Lipinski definition) is 4. The van der Waals surface area contributed by atoms with Gasteiger partial charge in [-0.2, -0.15) is 5.26 Å². The first-order valence-corrected chi connectivity index (χ1v) is 16.0. The SMILES string of the molecule is N#Cc1cccc(-c2cc3c(sc4ccccc43)c(-c3cccc4oc5c(-c6ccccc6)cc(-c6ccccc6)cc5c34)n2)c1. The number of rotatable bonds is 4. The molecule has 0 aliphatic heterocycles. The summed E-state index contributed by atoms with van der Waals surface area (Å²) in [7, 11) is 0. The molecule has 0 aliphatic rings. The molecule has 0 spiro atoms. The Morgan fingerprint density at radius 1 is 0.565 bits per heavy atom. The van der Waals surface area contributed by atoms with Gasteiger partial charge < -0.3 is 4.42 Å². The second-order valence-electron chi connectivity index (χ2n) is 11.4. The van der Waals surface area contributed by atoms with Crippen LogP contribution in [0.2, 0.25) is 0 Å². The van der Waals surface area contributed by atoms with Gasteiger partial charge in [0.05, 0.1) is 27.7 Å². The highest BCUT2D eigenvalue weighted by Gasteiger charge is 2.22. The van der Waals surface area contributed by atoms with Gasteiger partial charge in [-0.15, -0.1) is 11.3 Å². The van der Waals surface area contributed by atoms with E-state index < -0.39 is 0 Å². The van der Waals surface area contributed by atoms with Crippen LogP contribution in [0, 0.1) is 11.3 Å². The van der Waals surface area contributed by atoms with Crippen molar-refractivity contribution in [1.29, 1.82) is 5.26 Å². The molecule has 0 amide bonds. The maximum atomic E-state index is 9.65. The lowest BCUT2D eigenvalue weighted by Gasteiger charge is -2.10. The number of furan rings is 1. The van der Waals surface area contributed by atoms with Crippen molar-refractivity contribution in [2.45, 2.75) is 0 Å². The highest BCUT2D eigenvalue weighted by Crippen LogP contribution is 2.46. The number of benzene rings is 6. The van der Waals surface area contributed by atoms with Gasteiger partial charge >= 0.3 is 0 Å². The molecule has 6 aromatic carbocycles. The van der Waals surface area contributed by atoms with E-state index in [1.165, 1.54) is 10.1 Å². The molecule has 3 aromatic heterocycles. The molecule has 214 valence electrons. The number of pyridine rings is 1. The van der Waals surface area contributed by atoms with Gasteiger partial charge in [0, 0.05) is 42.9 Å². The predicted octanol–water partition coefficient (Wildman–Crippen LogP) is 11.9. The maximum absolute atomic E-state index is 9.65. The van der Waals surface area contributed by atoms with Crippen LogP contribution in [0.1, 0.15) is 5.56 Å². The Morgan fingerprint density at radius 2 is 1.30 bits per heavy atom. The molecule has 9 rings (SSSR count). The molecule has 0 saturated carbocycles. The third-order valence-corrected chi connectivity index (χ3v) is 9.89. The van der Waals surface area contributed by atoms with Gasteiger partial charge in [0.2, 0.25) is 0 Å². The summed E-state index contributed by atoms with van der Waals surface area (Å²) >= 11 is 1.77. The fourth-order valence-electron chi connectivity index (χ4n) is 6.56. The van der Waals surface area contributed by atoms with Crippen LogP contribution in [0.25, 0.3) is 86.9 Å². The largest absolute Gasteiger partial charge is 0.455 e. The van der Waals surface area contributed by atoms with Crippen LogP contribution in [0.15, 0.2) is 150 Å². The van der Waals surface area contributed by atoms with Crippen LogP contribution in [-0.4, -0.2) is 4.98 Å². The van der Waals surface area contributed by atoms with Crippen molar-refractivity contribution < 1.29 is 4.42 Å². The molecule has 0 radical (unpaired) electrons. The van der Waals surface area contributed by atoms with Gasteiger partial charge in [-0.1, -0.05) is 103 Å². The van der Waals surface area contributed by atoms with E-state index in [0.29, 0.717) is 5.56 Å². The third-order valence-electron chi connectivity index (χ3n) is 8.69. The topological polar surface area (TPSA) is 49.8 Å². The molecule has 0 bridgehead atoms. The Morgan fingerprint density at radius 3 is 2.13 bits per heavy atom. The van der Waals surface area contributed by atoms with Crippen LogP contribution in [-0.2, 0) is 0 Å². The van der Waals surface area contributed by atoms with E-state index in [2.05, 4.69) is 115 Å². The Bertz CT molecular complexity index is 2640. The Labute approximate surface area is 269 Å². The van der Waals surface area contributed by atoms with Crippen LogP contribution in [0.3, 0.4) is 0 Å². The zero-order chi connectivity index (χ0) is 30.6. The monoisotopic (exact) mass is 604 g/mol. The van der Waals surface area contributed by atoms with E-state index in [1.54, 1.807) is 11.3 Å². The third kappa shape index (κ3) is 4.22. The summed E-state index contributed by atoms with van der Waals surface area (Å²) in [5, 5.41) is 14.1. The molecule has 0 atom stereocenters. The lowest BCUT2D eigenvalue weighted by atomic mass is 9.94. The van der Waals surface area contributed by atoms with E-state index in [9.17, 15) is 5.26 Å². The quantitative estimate of drug-likeness (QED) is 0.201. The predicted molar refractivity (Wildman–Crippen MR) is 191 cm³/mol. The minimum atomic E-state index is 0.612. The summed E-state index contributed by atoms with van der Waals surface area (Å²) in [6.45, 7) is 0. The molecule has 0 fully saturated rings. The molecular weight excluding hydrogens is 581 g/mol. The second kappa shape index (κ2) is 10.6. The molecule has 0 aliphatic carbocycles. The van der Waals surface area contributed by atoms with Crippen LogP contribution >= 0.6 is 11.3 Å². The molecular formula is C42H24N2OS. The zero-order valence-corrected chi connectivity index (χ0v) is 25.4. The first kappa shape index (κ1) is 26.4. The number of nitrogens with zero attached hydrogens (tertiary/aromatic N) is 2. The highest BCUT2D eigenvalue weighted by molar-refractivity contribution is 7.26. The maximum Gasteiger partial charge on any atom is 0.143 e. The first-order chi connectivity index (χ1) is 22.7. The smallest absolute Gasteiger partial charge is 0.143 e. The van der Waals surface area contributed by atoms with Crippen molar-refractivity contribution >= 4 is 53.4 Å². The fourth-order valence-corrected chi connectivity index (χ4v) is 7.74. The minimum Gasteiger partial charge on any atom is -0.455 e. The Hall–Kier alpha value is -6.02. The van der Waals surface area contributed by atoms with Gasteiger partial charge in [-0.3, -0.25) is 0 Å². The van der Waals surface area contributed by atoms with E-state index in [4.69, 9.17) is 9.40 Å². The summed E-state index contributed by atoms with van der Waals surface area (Å²) in [6.07, 6.45) is 0. The normalized spacial score (nSPS) is 11.5. The zero-order valence-electron chi connectivity index (χ0n) is 24.6. The van der Waals surface area contributed by atoms with Gasteiger partial charge in [0.1, 0.15) is 11.2 Å². The number of aromatic nitrogens is 1. The van der Waals surface area contributed by atoms with Crippen LogP contribution in [0.4, 0.5) is 0 Å². The summed E-state index contributed by atoms with van der Waals surface area (Å²) in [5.74, 6) is 0. The van der Waals surface area contributed by atoms with Crippen molar-refractivity contribution in [3.05, 3.63) is 151 Å². The summed E-state index contributed by atoms with van der Waals surface area (Å²) in [5.41, 5.74) is 10.4. The van der Waals surface area contributed by atoms with E-state index >= 15 is 0 Å². The standard InChI is InChI=1S/C42H24N2OS/c43-25-26-11-9-16-29(21-26)36-24-34-31-17-7-8-20-38(31)46-42(34)40(44-36)32-18-10-19-37-39(32)35-23-30(27-12-3-1-4-13-27)22-33(41(35)45-37)28-14-5-2-6-15-28/h1-24H. The molecule has 0 unspecified atom stereocenters. The Kier molecular flexibility index (Phi) is 6.06. The minimum absolute atomic E-state index is 0.612. The van der Waals surface area contributed by atoms with E-state index in [1.807, 2.05) is 36.4 Å². The lowest BCUT2D eigenvalue weighted by molar-refractivity contribution is 0.670. The van der Waals surface area contributed by atoms with Gasteiger partial charge in [0.25, 0.3) is 0 Å². The van der Waals surface area contributed by atoms with Crippen molar-refractivity contribution in [1.82, 2.24) is 4.98 Å². The average Bonchev–Trinajstić information content (AvgIpc) is 3.70. The second-order valence-corrected chi connectivity index (χ2v) is 12.5. The van der Waals surface area contributed by atoms with Crippen LogP contribution in [0.5, 0.6) is 0 Å². The van der Waals surface area contributed by atoms with Crippen LogP contribution < -0.4 is 0 Å². The molecule has 46 heavy (non-hydrogen) atoms. The van der Waals surface area contributed by atoms with Crippen molar-refractivity contribution in [2.75, 3.05) is 0 Å². The van der Waals surface area contributed by atoms with Crippen molar-refractivity contribution in [3.63, 3.8) is 0 Å². The van der Waals surface area contributed by atoms with Gasteiger partial charge in [-0.05, 0) is 59.2 Å². The summed E-state index contributed by atoms with van der Waals surface area (Å²) in [6, 6.07) is 52.4. The Balaban J connectivity index is 1.40. The number of fused-ring (bicyclic) bond motifs is 6. The van der Waals surface area contributed by atoms with Crippen molar-refractivity contribution in [3.8, 4) is 50.8 Å². The van der Waals surface area contributed by atoms with Crippen molar-refractivity contribution in [2.24, 2.45) is 0 Å². The molecule has 3 heterocycles. The fraction of sp³-hybridized carbons (Fsp3) is 0. The van der Waals surface area contributed by atoms with E-state index in [-0.39, 0.29) is 0 Å². The molecule has 9 aromatic rings. The highest BCUT2D eigenvalue weighted by atomic mass is 32.1. The molecule has 3 nitrogen and oxygen atoms in total. The number of nitriles is 1. The average molecular weight is 605 g/mol. The first-order valence-electron chi connectivity index (χ1n) is 15.2. The lowest BCUT2D eigenvalue weighted by Crippen LogP contribution is -1.91.